The number of halogens is 1. The number of hydrogen-bond acceptors (Lipinski definition) is 5. The SMILES string of the molecule is COc1cc(/C=N/NC(=O)C(C)Oc2ccc(-c3ccccc3)cc2)cc(Br)c1O. The zero-order valence-electron chi connectivity index (χ0n) is 16.5. The Morgan fingerprint density at radius 3 is 2.43 bits per heavy atom. The molecule has 0 fully saturated rings. The minimum Gasteiger partial charge on any atom is -0.503 e. The lowest BCUT2D eigenvalue weighted by molar-refractivity contribution is -0.127. The monoisotopic (exact) mass is 468 g/mol. The Bertz CT molecular complexity index is 1040. The number of methoxy groups -OCH3 is 1. The summed E-state index contributed by atoms with van der Waals surface area (Å²) in [4.78, 5) is 12.2. The van der Waals surface area contributed by atoms with E-state index in [0.29, 0.717) is 21.5 Å². The predicted molar refractivity (Wildman–Crippen MR) is 120 cm³/mol. The first-order valence-electron chi connectivity index (χ1n) is 9.19. The van der Waals surface area contributed by atoms with Gasteiger partial charge in [0.1, 0.15) is 5.75 Å². The molecule has 3 aromatic carbocycles. The van der Waals surface area contributed by atoms with E-state index in [-0.39, 0.29) is 11.7 Å². The van der Waals surface area contributed by atoms with Crippen molar-refractivity contribution in [1.82, 2.24) is 5.43 Å². The minimum atomic E-state index is -0.731. The fourth-order valence-corrected chi connectivity index (χ4v) is 3.16. The molecule has 0 aromatic heterocycles. The number of nitrogens with one attached hydrogen (secondary N) is 1. The number of hydrogen-bond donors (Lipinski definition) is 2. The maximum Gasteiger partial charge on any atom is 0.280 e. The Kier molecular flexibility index (Phi) is 7.08. The summed E-state index contributed by atoms with van der Waals surface area (Å²) < 4.78 is 11.2. The highest BCUT2D eigenvalue weighted by Gasteiger charge is 2.14. The van der Waals surface area contributed by atoms with Gasteiger partial charge in [-0.2, -0.15) is 5.10 Å². The van der Waals surface area contributed by atoms with E-state index >= 15 is 0 Å². The van der Waals surface area contributed by atoms with Gasteiger partial charge in [0.15, 0.2) is 17.6 Å². The highest BCUT2D eigenvalue weighted by Crippen LogP contribution is 2.34. The minimum absolute atomic E-state index is 0.000935. The Balaban J connectivity index is 1.57. The summed E-state index contributed by atoms with van der Waals surface area (Å²) in [5, 5.41) is 13.8. The third-order valence-electron chi connectivity index (χ3n) is 4.30. The number of benzene rings is 3. The van der Waals surface area contributed by atoms with Crippen LogP contribution >= 0.6 is 15.9 Å². The van der Waals surface area contributed by atoms with Gasteiger partial charge in [0.25, 0.3) is 5.91 Å². The van der Waals surface area contributed by atoms with E-state index in [4.69, 9.17) is 9.47 Å². The van der Waals surface area contributed by atoms with Crippen molar-refractivity contribution in [2.45, 2.75) is 13.0 Å². The van der Waals surface area contributed by atoms with E-state index < -0.39 is 6.10 Å². The van der Waals surface area contributed by atoms with Crippen LogP contribution < -0.4 is 14.9 Å². The van der Waals surface area contributed by atoms with Crippen LogP contribution in [0, 0.1) is 0 Å². The van der Waals surface area contributed by atoms with Crippen LogP contribution in [0.1, 0.15) is 12.5 Å². The van der Waals surface area contributed by atoms with Gasteiger partial charge in [0.05, 0.1) is 17.8 Å². The molecular formula is C23H21BrN2O4. The molecule has 6 nitrogen and oxygen atoms in total. The summed E-state index contributed by atoms with van der Waals surface area (Å²) >= 11 is 3.24. The number of hydrazone groups is 1. The summed E-state index contributed by atoms with van der Waals surface area (Å²) in [6.07, 6.45) is 0.720. The number of carbonyl (C=O) groups excluding carboxylic acids is 1. The zero-order chi connectivity index (χ0) is 21.5. The second-order valence-electron chi connectivity index (χ2n) is 6.44. The number of amides is 1. The lowest BCUT2D eigenvalue weighted by Gasteiger charge is -2.13. The molecule has 1 atom stereocenters. The predicted octanol–water partition coefficient (Wildman–Crippen LogP) is 4.75. The van der Waals surface area contributed by atoms with Crippen molar-refractivity contribution in [3.8, 4) is 28.4 Å². The van der Waals surface area contributed by atoms with Crippen molar-refractivity contribution < 1.29 is 19.4 Å². The Labute approximate surface area is 183 Å². The van der Waals surface area contributed by atoms with E-state index in [1.54, 1.807) is 19.1 Å². The van der Waals surface area contributed by atoms with E-state index in [2.05, 4.69) is 26.5 Å². The summed E-state index contributed by atoms with van der Waals surface area (Å²) in [5.74, 6) is 0.503. The number of phenols is 1. The smallest absolute Gasteiger partial charge is 0.280 e. The molecule has 7 heteroatoms. The summed E-state index contributed by atoms with van der Waals surface area (Å²) in [6.45, 7) is 1.65. The number of carbonyl (C=O) groups is 1. The van der Waals surface area contributed by atoms with E-state index in [0.717, 1.165) is 11.1 Å². The molecule has 0 aliphatic rings. The summed E-state index contributed by atoms with van der Waals surface area (Å²) in [7, 11) is 1.45. The second kappa shape index (κ2) is 9.93. The van der Waals surface area contributed by atoms with Crippen LogP contribution in [-0.4, -0.2) is 30.4 Å². The maximum absolute atomic E-state index is 12.2. The number of aromatic hydroxyl groups is 1. The quantitative estimate of drug-likeness (QED) is 0.387. The van der Waals surface area contributed by atoms with Gasteiger partial charge in [0, 0.05) is 0 Å². The zero-order valence-corrected chi connectivity index (χ0v) is 18.1. The summed E-state index contributed by atoms with van der Waals surface area (Å²) in [5.41, 5.74) is 5.27. The number of nitrogens with zero attached hydrogens (tertiary/aromatic N) is 1. The van der Waals surface area contributed by atoms with Gasteiger partial charge in [-0.15, -0.1) is 0 Å². The van der Waals surface area contributed by atoms with Crippen LogP contribution in [0.4, 0.5) is 0 Å². The molecule has 2 N–H and O–H groups in total. The molecule has 0 aliphatic carbocycles. The van der Waals surface area contributed by atoms with Crippen LogP contribution in [0.3, 0.4) is 0 Å². The van der Waals surface area contributed by atoms with Crippen molar-refractivity contribution in [2.75, 3.05) is 7.11 Å². The Morgan fingerprint density at radius 1 is 1.10 bits per heavy atom. The fraction of sp³-hybridized carbons (Fsp3) is 0.130. The first-order chi connectivity index (χ1) is 14.5. The first-order valence-corrected chi connectivity index (χ1v) is 9.99. The van der Waals surface area contributed by atoms with Crippen molar-refractivity contribution in [2.24, 2.45) is 5.10 Å². The molecule has 0 saturated heterocycles. The fourth-order valence-electron chi connectivity index (χ4n) is 2.70. The standard InChI is InChI=1S/C23H21BrN2O4/c1-15(30-19-10-8-18(9-11-19)17-6-4-3-5-7-17)23(28)26-25-14-16-12-20(24)22(27)21(13-16)29-2/h3-15,27H,1-2H3,(H,26,28)/b25-14+. The van der Waals surface area contributed by atoms with Crippen LogP contribution in [0.15, 0.2) is 76.3 Å². The number of phenolic OH excluding ortho intramolecular Hbond substituents is 1. The van der Waals surface area contributed by atoms with Crippen molar-refractivity contribution in [3.05, 3.63) is 76.8 Å². The van der Waals surface area contributed by atoms with Crippen LogP contribution in [0.5, 0.6) is 17.2 Å². The van der Waals surface area contributed by atoms with Crippen LogP contribution in [-0.2, 0) is 4.79 Å². The van der Waals surface area contributed by atoms with E-state index in [1.807, 2.05) is 54.6 Å². The van der Waals surface area contributed by atoms with Crippen LogP contribution in [0.2, 0.25) is 0 Å². The molecule has 30 heavy (non-hydrogen) atoms. The molecule has 3 aromatic rings. The molecule has 0 radical (unpaired) electrons. The van der Waals surface area contributed by atoms with Gasteiger partial charge < -0.3 is 14.6 Å². The largest absolute Gasteiger partial charge is 0.503 e. The third-order valence-corrected chi connectivity index (χ3v) is 4.91. The number of rotatable bonds is 7. The Morgan fingerprint density at radius 2 is 1.77 bits per heavy atom. The molecule has 0 aliphatic heterocycles. The average Bonchev–Trinajstić information content (AvgIpc) is 2.77. The van der Waals surface area contributed by atoms with Gasteiger partial charge in [-0.1, -0.05) is 42.5 Å². The summed E-state index contributed by atoms with van der Waals surface area (Å²) in [6, 6.07) is 20.8. The van der Waals surface area contributed by atoms with E-state index in [1.165, 1.54) is 13.3 Å². The van der Waals surface area contributed by atoms with Crippen molar-refractivity contribution >= 4 is 28.1 Å². The Hall–Kier alpha value is -3.32. The average molecular weight is 469 g/mol. The third kappa shape index (κ3) is 5.39. The van der Waals surface area contributed by atoms with Gasteiger partial charge >= 0.3 is 0 Å². The molecule has 154 valence electrons. The highest BCUT2D eigenvalue weighted by atomic mass is 79.9. The molecule has 0 heterocycles. The second-order valence-corrected chi connectivity index (χ2v) is 7.29. The lowest BCUT2D eigenvalue weighted by atomic mass is 10.1. The lowest BCUT2D eigenvalue weighted by Crippen LogP contribution is -2.33. The number of ether oxygens (including phenoxy) is 2. The molecule has 0 spiro atoms. The van der Waals surface area contributed by atoms with E-state index in [9.17, 15) is 9.90 Å². The molecule has 1 amide bonds. The van der Waals surface area contributed by atoms with Gasteiger partial charge in [-0.25, -0.2) is 5.43 Å². The molecule has 1 unspecified atom stereocenters. The van der Waals surface area contributed by atoms with Crippen molar-refractivity contribution in [1.29, 1.82) is 0 Å². The molecule has 3 rings (SSSR count). The normalized spacial score (nSPS) is 11.8. The highest BCUT2D eigenvalue weighted by molar-refractivity contribution is 9.10. The topological polar surface area (TPSA) is 80.2 Å². The maximum atomic E-state index is 12.2. The molecule has 0 bridgehead atoms. The molecule has 0 saturated carbocycles. The van der Waals surface area contributed by atoms with Gasteiger partial charge in [-0.05, 0) is 63.8 Å². The first kappa shape index (κ1) is 21.4. The molecular weight excluding hydrogens is 448 g/mol. The van der Waals surface area contributed by atoms with Gasteiger partial charge in [-0.3, -0.25) is 4.79 Å². The van der Waals surface area contributed by atoms with Gasteiger partial charge in [0.2, 0.25) is 0 Å². The van der Waals surface area contributed by atoms with Crippen LogP contribution in [0.25, 0.3) is 11.1 Å². The van der Waals surface area contributed by atoms with Crippen molar-refractivity contribution in [3.63, 3.8) is 0 Å².